The molecule has 1 aliphatic rings. The third-order valence-electron chi connectivity index (χ3n) is 5.70. The Morgan fingerprint density at radius 1 is 1.06 bits per heavy atom. The number of nitrogens with two attached hydrogens (primary N) is 1. The lowest BCUT2D eigenvalue weighted by molar-refractivity contribution is 0.714. The Hall–Kier alpha value is -3.32. The van der Waals surface area contributed by atoms with Crippen molar-refractivity contribution in [2.75, 3.05) is 35.2 Å². The molecular weight excluding hydrogens is 410 g/mol. The highest BCUT2D eigenvalue weighted by Gasteiger charge is 2.23. The number of imidazole rings is 1. The van der Waals surface area contributed by atoms with Crippen LogP contribution in [-0.4, -0.2) is 39.6 Å². The zero-order chi connectivity index (χ0) is 21.2. The predicted octanol–water partition coefficient (Wildman–Crippen LogP) is 4.05. The zero-order valence-electron chi connectivity index (χ0n) is 17.1. The molecule has 0 unspecified atom stereocenters. The molecule has 0 bridgehead atoms. The number of hydrogen-bond acceptors (Lipinski definition) is 6. The summed E-state index contributed by atoms with van der Waals surface area (Å²) in [5, 5.41) is 0.794. The lowest BCUT2D eigenvalue weighted by Crippen LogP contribution is -2.33. The number of para-hydroxylation sites is 1. The number of H-pyrrole nitrogens is 1. The van der Waals surface area contributed by atoms with Crippen LogP contribution in [0.5, 0.6) is 0 Å². The lowest BCUT2D eigenvalue weighted by Gasteiger charge is -2.25. The maximum absolute atomic E-state index is 6.14. The van der Waals surface area contributed by atoms with Crippen LogP contribution < -0.4 is 15.5 Å². The van der Waals surface area contributed by atoms with Crippen molar-refractivity contribution in [3.63, 3.8) is 0 Å². The van der Waals surface area contributed by atoms with Gasteiger partial charge in [0.25, 0.3) is 0 Å². The molecule has 0 atom stereocenters. The monoisotopic (exact) mass is 433 g/mol. The Labute approximate surface area is 185 Å². The molecule has 0 amide bonds. The summed E-state index contributed by atoms with van der Waals surface area (Å²) in [7, 11) is 0. The predicted molar refractivity (Wildman–Crippen MR) is 126 cm³/mol. The highest BCUT2D eigenvalue weighted by Crippen LogP contribution is 2.30. The van der Waals surface area contributed by atoms with Gasteiger partial charge in [0.15, 0.2) is 11.5 Å². The normalized spacial score (nSPS) is 14.0. The van der Waals surface area contributed by atoms with Gasteiger partial charge in [-0.15, -0.1) is 0 Å². The Balaban J connectivity index is 1.37. The van der Waals surface area contributed by atoms with Crippen molar-refractivity contribution in [1.82, 2.24) is 19.9 Å². The minimum absolute atomic E-state index is 0.241. The molecular formula is C23H24ClN7. The molecule has 0 saturated heterocycles. The van der Waals surface area contributed by atoms with Gasteiger partial charge in [0.1, 0.15) is 5.52 Å². The van der Waals surface area contributed by atoms with Gasteiger partial charge in [-0.2, -0.15) is 9.97 Å². The van der Waals surface area contributed by atoms with Gasteiger partial charge in [-0.25, -0.2) is 4.98 Å². The fourth-order valence-corrected chi connectivity index (χ4v) is 4.46. The van der Waals surface area contributed by atoms with Crippen molar-refractivity contribution in [2.24, 2.45) is 0 Å². The minimum Gasteiger partial charge on any atom is -0.369 e. The van der Waals surface area contributed by atoms with Gasteiger partial charge in [0.05, 0.1) is 6.33 Å². The maximum atomic E-state index is 6.14. The molecule has 158 valence electrons. The average molecular weight is 434 g/mol. The van der Waals surface area contributed by atoms with Crippen LogP contribution in [0.3, 0.4) is 0 Å². The minimum atomic E-state index is 0.241. The number of aryl methyl sites for hydroxylation is 1. The summed E-state index contributed by atoms with van der Waals surface area (Å²) in [6, 6.07) is 16.7. The van der Waals surface area contributed by atoms with Crippen molar-refractivity contribution in [1.29, 1.82) is 0 Å². The van der Waals surface area contributed by atoms with Crippen LogP contribution in [0.2, 0.25) is 5.02 Å². The molecule has 3 heterocycles. The van der Waals surface area contributed by atoms with Crippen LogP contribution in [0.15, 0.2) is 54.9 Å². The smallest absolute Gasteiger partial charge is 0.224 e. The van der Waals surface area contributed by atoms with Crippen LogP contribution >= 0.6 is 11.6 Å². The molecule has 0 fully saturated rings. The van der Waals surface area contributed by atoms with Gasteiger partial charge in [-0.05, 0) is 42.2 Å². The molecule has 1 aliphatic heterocycles. The second-order valence-electron chi connectivity index (χ2n) is 7.78. The summed E-state index contributed by atoms with van der Waals surface area (Å²) < 4.78 is 0. The summed E-state index contributed by atoms with van der Waals surface area (Å²) in [5.41, 5.74) is 11.2. The number of nitrogens with zero attached hydrogens (tertiary/aromatic N) is 5. The summed E-state index contributed by atoms with van der Waals surface area (Å²) in [5.74, 6) is 1.04. The van der Waals surface area contributed by atoms with E-state index in [0.29, 0.717) is 5.65 Å². The molecule has 0 radical (unpaired) electrons. The third-order valence-corrected chi connectivity index (χ3v) is 5.93. The lowest BCUT2D eigenvalue weighted by atomic mass is 10.1. The molecule has 5 rings (SSSR count). The number of aromatic nitrogens is 4. The van der Waals surface area contributed by atoms with Crippen molar-refractivity contribution >= 4 is 40.2 Å². The van der Waals surface area contributed by atoms with E-state index < -0.39 is 0 Å². The van der Waals surface area contributed by atoms with E-state index in [0.717, 1.165) is 55.4 Å². The third kappa shape index (κ3) is 4.14. The number of nitrogens with one attached hydrogen (secondary N) is 1. The highest BCUT2D eigenvalue weighted by molar-refractivity contribution is 6.30. The van der Waals surface area contributed by atoms with Crippen LogP contribution in [0.1, 0.15) is 17.5 Å². The largest absolute Gasteiger partial charge is 0.369 e. The second kappa shape index (κ2) is 8.43. The van der Waals surface area contributed by atoms with E-state index >= 15 is 0 Å². The van der Waals surface area contributed by atoms with Gasteiger partial charge in [-0.1, -0.05) is 41.9 Å². The van der Waals surface area contributed by atoms with Crippen molar-refractivity contribution in [3.05, 3.63) is 71.0 Å². The van der Waals surface area contributed by atoms with Crippen LogP contribution in [0.25, 0.3) is 11.2 Å². The molecule has 3 N–H and O–H groups in total. The van der Waals surface area contributed by atoms with Crippen molar-refractivity contribution < 1.29 is 0 Å². The van der Waals surface area contributed by atoms with Crippen LogP contribution in [-0.2, 0) is 13.0 Å². The first-order valence-corrected chi connectivity index (χ1v) is 10.8. The number of nitrogen functional groups attached to an aromatic ring is 1. The number of rotatable bonds is 5. The Morgan fingerprint density at radius 2 is 1.97 bits per heavy atom. The summed E-state index contributed by atoms with van der Waals surface area (Å²) in [6.45, 7) is 3.46. The number of halogens is 1. The van der Waals surface area contributed by atoms with Gasteiger partial charge in [0.2, 0.25) is 5.95 Å². The summed E-state index contributed by atoms with van der Waals surface area (Å²) in [4.78, 5) is 20.9. The molecule has 2 aromatic carbocycles. The quantitative estimate of drug-likeness (QED) is 0.493. The molecule has 0 spiro atoms. The van der Waals surface area contributed by atoms with Gasteiger partial charge >= 0.3 is 0 Å². The first kappa shape index (κ1) is 19.6. The van der Waals surface area contributed by atoms with Crippen LogP contribution in [0, 0.1) is 0 Å². The second-order valence-corrected chi connectivity index (χ2v) is 8.21. The van der Waals surface area contributed by atoms with E-state index in [1.807, 2.05) is 12.1 Å². The number of anilines is 3. The topological polar surface area (TPSA) is 87.0 Å². The fourth-order valence-electron chi connectivity index (χ4n) is 4.24. The maximum Gasteiger partial charge on any atom is 0.224 e. The fraction of sp³-hybridized carbons (Fsp3) is 0.261. The number of fused-ring (bicyclic) bond motifs is 2. The van der Waals surface area contributed by atoms with Gasteiger partial charge in [-0.3, -0.25) is 0 Å². The number of benzene rings is 2. The molecule has 0 aliphatic carbocycles. The van der Waals surface area contributed by atoms with Crippen molar-refractivity contribution in [2.45, 2.75) is 19.4 Å². The van der Waals surface area contributed by atoms with Crippen molar-refractivity contribution in [3.8, 4) is 0 Å². The Bertz CT molecular complexity index is 1210. The summed E-state index contributed by atoms with van der Waals surface area (Å²) in [6.07, 6.45) is 3.69. The van der Waals surface area contributed by atoms with Gasteiger partial charge < -0.3 is 20.5 Å². The van der Waals surface area contributed by atoms with Gasteiger partial charge in [0, 0.05) is 36.9 Å². The van der Waals surface area contributed by atoms with E-state index in [2.05, 4.69) is 66.1 Å². The molecule has 7 nitrogen and oxygen atoms in total. The molecule has 31 heavy (non-hydrogen) atoms. The first-order valence-electron chi connectivity index (χ1n) is 10.5. The van der Waals surface area contributed by atoms with E-state index in [1.54, 1.807) is 6.33 Å². The molecule has 2 aromatic heterocycles. The van der Waals surface area contributed by atoms with Crippen LogP contribution in [0.4, 0.5) is 17.5 Å². The Kier molecular flexibility index (Phi) is 5.34. The summed E-state index contributed by atoms with van der Waals surface area (Å²) >= 11 is 6.14. The average Bonchev–Trinajstić information content (AvgIpc) is 3.15. The standard InChI is InChI=1S/C23H24ClN7/c24-18-8-3-5-16(13-18)6-4-10-30-11-12-31(14-17-7-1-2-9-19(17)30)22-20-21(27-15-26-20)28-23(25)29-22/h1-3,5,7-9,13,15H,4,6,10-12,14H2,(H3,25,26,27,28,29). The molecule has 4 aromatic rings. The number of aromatic amines is 1. The zero-order valence-corrected chi connectivity index (χ0v) is 17.9. The SMILES string of the molecule is Nc1nc(N2CCN(CCCc3cccc(Cl)c3)c3ccccc3C2)c2[nH]cnc2n1. The van der Waals surface area contributed by atoms with E-state index in [1.165, 1.54) is 16.8 Å². The molecule has 0 saturated carbocycles. The highest BCUT2D eigenvalue weighted by atomic mass is 35.5. The van der Waals surface area contributed by atoms with E-state index in [9.17, 15) is 0 Å². The van der Waals surface area contributed by atoms with E-state index in [-0.39, 0.29) is 5.95 Å². The molecule has 8 heteroatoms. The number of hydrogen-bond donors (Lipinski definition) is 2. The van der Waals surface area contributed by atoms with E-state index in [4.69, 9.17) is 17.3 Å². The Morgan fingerprint density at radius 3 is 2.87 bits per heavy atom. The first-order chi connectivity index (χ1) is 15.2.